The first-order chi connectivity index (χ1) is 20.4. The van der Waals surface area contributed by atoms with Crippen molar-refractivity contribution in [2.75, 3.05) is 13.2 Å². The van der Waals surface area contributed by atoms with Crippen molar-refractivity contribution in [3.8, 4) is 17.2 Å². The minimum absolute atomic E-state index is 0.0370. The van der Waals surface area contributed by atoms with Gasteiger partial charge in [-0.3, -0.25) is 0 Å². The number of phenolic OH excluding ortho intramolecular Hbond substituents is 1. The lowest BCUT2D eigenvalue weighted by Crippen LogP contribution is -2.24. The van der Waals surface area contributed by atoms with Gasteiger partial charge in [-0.15, -0.1) is 0 Å². The summed E-state index contributed by atoms with van der Waals surface area (Å²) >= 11 is 0. The van der Waals surface area contributed by atoms with Crippen LogP contribution in [0.4, 0.5) is 13.2 Å². The van der Waals surface area contributed by atoms with Crippen molar-refractivity contribution >= 4 is 0 Å². The second-order valence-electron chi connectivity index (χ2n) is 9.93. The number of halogens is 3. The summed E-state index contributed by atoms with van der Waals surface area (Å²) in [5.74, 6) is 0.0698. The molecular weight excluding hydrogens is 545 g/mol. The standard InChI is InChI=1S/2C11H13FO2.C6H5FO.C6H14/c2*12-9-4-3-5-10(8-9)14-11-6-1-2-7-13-11;7-5-2-1-3-6(8)4-5;1-3-5-6-4-2/h2*3-5,8,11H,1-2,6-7H2;1-4,8H;3-6H2,1-2H3. The summed E-state index contributed by atoms with van der Waals surface area (Å²) < 4.78 is 59.3. The number of benzene rings is 3. The average Bonchev–Trinajstić information content (AvgIpc) is 2.98. The third-order valence-corrected chi connectivity index (χ3v) is 6.17. The third-order valence-electron chi connectivity index (χ3n) is 6.17. The van der Waals surface area contributed by atoms with E-state index < -0.39 is 5.82 Å². The molecule has 2 unspecified atom stereocenters. The maximum absolute atomic E-state index is 12.8. The molecule has 2 aliphatic heterocycles. The van der Waals surface area contributed by atoms with Gasteiger partial charge in [0.15, 0.2) is 12.6 Å². The zero-order chi connectivity index (χ0) is 30.4. The van der Waals surface area contributed by atoms with Crippen LogP contribution in [0, 0.1) is 17.5 Å². The van der Waals surface area contributed by atoms with E-state index in [2.05, 4.69) is 13.8 Å². The van der Waals surface area contributed by atoms with Gasteiger partial charge in [0, 0.05) is 31.0 Å². The van der Waals surface area contributed by atoms with Gasteiger partial charge in [0.1, 0.15) is 34.7 Å². The molecule has 42 heavy (non-hydrogen) atoms. The Bertz CT molecular complexity index is 1020. The minimum Gasteiger partial charge on any atom is -0.508 e. The van der Waals surface area contributed by atoms with Gasteiger partial charge in [-0.1, -0.05) is 57.7 Å². The number of unbranched alkanes of at least 4 members (excludes halogenated alkanes) is 3. The van der Waals surface area contributed by atoms with Crippen LogP contribution in [0.2, 0.25) is 0 Å². The molecule has 3 aromatic carbocycles. The normalized spacial score (nSPS) is 17.6. The summed E-state index contributed by atoms with van der Waals surface area (Å²) in [7, 11) is 0. The highest BCUT2D eigenvalue weighted by Crippen LogP contribution is 2.20. The van der Waals surface area contributed by atoms with Crippen molar-refractivity contribution in [3.05, 3.63) is 90.2 Å². The van der Waals surface area contributed by atoms with Gasteiger partial charge in [0.2, 0.25) is 0 Å². The molecule has 1 N–H and O–H groups in total. The van der Waals surface area contributed by atoms with Gasteiger partial charge in [-0.2, -0.15) is 0 Å². The second kappa shape index (κ2) is 21.5. The molecule has 2 aliphatic rings. The summed E-state index contributed by atoms with van der Waals surface area (Å²) in [6, 6.07) is 17.5. The van der Waals surface area contributed by atoms with E-state index in [1.165, 1.54) is 68.1 Å². The molecule has 0 aliphatic carbocycles. The molecule has 3 aromatic rings. The smallest absolute Gasteiger partial charge is 0.199 e. The monoisotopic (exact) mass is 590 g/mol. The lowest BCUT2D eigenvalue weighted by Gasteiger charge is -2.23. The molecule has 0 radical (unpaired) electrons. The Kier molecular flexibility index (Phi) is 17.9. The van der Waals surface area contributed by atoms with E-state index >= 15 is 0 Å². The summed E-state index contributed by atoms with van der Waals surface area (Å²) in [6.45, 7) is 5.94. The van der Waals surface area contributed by atoms with Crippen LogP contribution in [0.15, 0.2) is 72.8 Å². The van der Waals surface area contributed by atoms with Crippen LogP contribution in [0.1, 0.15) is 78.1 Å². The van der Waals surface area contributed by atoms with E-state index in [-0.39, 0.29) is 30.0 Å². The van der Waals surface area contributed by atoms with Crippen LogP contribution in [-0.4, -0.2) is 30.9 Å². The van der Waals surface area contributed by atoms with Crippen LogP contribution in [0.25, 0.3) is 0 Å². The first kappa shape index (κ1) is 35.0. The van der Waals surface area contributed by atoms with Crippen molar-refractivity contribution in [2.45, 2.75) is 90.6 Å². The van der Waals surface area contributed by atoms with E-state index in [0.29, 0.717) is 11.5 Å². The largest absolute Gasteiger partial charge is 0.508 e. The Morgan fingerprint density at radius 3 is 1.38 bits per heavy atom. The molecule has 5 nitrogen and oxygen atoms in total. The van der Waals surface area contributed by atoms with Crippen molar-refractivity contribution in [1.29, 1.82) is 0 Å². The molecular formula is C34H45F3O5. The highest BCUT2D eigenvalue weighted by atomic mass is 19.1. The first-order valence-electron chi connectivity index (χ1n) is 14.9. The first-order valence-corrected chi connectivity index (χ1v) is 14.9. The fourth-order valence-corrected chi connectivity index (χ4v) is 3.97. The molecule has 0 bridgehead atoms. The SMILES string of the molecule is CCCCCC.Fc1cccc(OC2CCCCO2)c1.Fc1cccc(OC2CCCCO2)c1.Oc1cccc(F)c1. The molecule has 0 spiro atoms. The van der Waals surface area contributed by atoms with E-state index in [1.54, 1.807) is 24.3 Å². The molecule has 2 fully saturated rings. The van der Waals surface area contributed by atoms with Crippen LogP contribution in [0.5, 0.6) is 17.2 Å². The quantitative estimate of drug-likeness (QED) is 0.278. The predicted molar refractivity (Wildman–Crippen MR) is 159 cm³/mol. The average molecular weight is 591 g/mol. The van der Waals surface area contributed by atoms with Crippen LogP contribution in [0.3, 0.4) is 0 Å². The van der Waals surface area contributed by atoms with Gasteiger partial charge >= 0.3 is 0 Å². The molecule has 0 amide bonds. The minimum atomic E-state index is -0.412. The highest BCUT2D eigenvalue weighted by molar-refractivity contribution is 5.23. The fraction of sp³-hybridized carbons (Fsp3) is 0.471. The lowest BCUT2D eigenvalue weighted by molar-refractivity contribution is -0.106. The summed E-state index contributed by atoms with van der Waals surface area (Å²) in [6.07, 6.45) is 11.3. The maximum Gasteiger partial charge on any atom is 0.199 e. The van der Waals surface area contributed by atoms with E-state index in [0.717, 1.165) is 57.8 Å². The molecule has 5 rings (SSSR count). The van der Waals surface area contributed by atoms with Crippen molar-refractivity contribution in [1.82, 2.24) is 0 Å². The Balaban J connectivity index is 0.000000207. The second-order valence-corrected chi connectivity index (χ2v) is 9.93. The number of hydrogen-bond acceptors (Lipinski definition) is 5. The molecule has 2 atom stereocenters. The topological polar surface area (TPSA) is 57.2 Å². The zero-order valence-electron chi connectivity index (χ0n) is 24.8. The Morgan fingerprint density at radius 2 is 1.07 bits per heavy atom. The molecule has 0 aromatic heterocycles. The van der Waals surface area contributed by atoms with Gasteiger partial charge < -0.3 is 24.1 Å². The van der Waals surface area contributed by atoms with Crippen molar-refractivity contribution in [3.63, 3.8) is 0 Å². The summed E-state index contributed by atoms with van der Waals surface area (Å²) in [5.41, 5.74) is 0. The number of hydrogen-bond donors (Lipinski definition) is 1. The zero-order valence-corrected chi connectivity index (χ0v) is 24.8. The Hall–Kier alpha value is -3.23. The van der Waals surface area contributed by atoms with E-state index in [4.69, 9.17) is 24.1 Å². The van der Waals surface area contributed by atoms with Gasteiger partial charge in [-0.25, -0.2) is 13.2 Å². The predicted octanol–water partition coefficient (Wildman–Crippen LogP) is 9.58. The third kappa shape index (κ3) is 16.3. The molecule has 2 saturated heterocycles. The molecule has 232 valence electrons. The van der Waals surface area contributed by atoms with Gasteiger partial charge in [0.05, 0.1) is 13.2 Å². The number of aromatic hydroxyl groups is 1. The van der Waals surface area contributed by atoms with Gasteiger partial charge in [-0.05, 0) is 62.1 Å². The van der Waals surface area contributed by atoms with Gasteiger partial charge in [0.25, 0.3) is 0 Å². The van der Waals surface area contributed by atoms with Crippen LogP contribution >= 0.6 is 0 Å². The fourth-order valence-electron chi connectivity index (χ4n) is 3.97. The van der Waals surface area contributed by atoms with Crippen molar-refractivity contribution < 1.29 is 37.2 Å². The number of ether oxygens (including phenoxy) is 4. The van der Waals surface area contributed by atoms with Crippen molar-refractivity contribution in [2.24, 2.45) is 0 Å². The summed E-state index contributed by atoms with van der Waals surface area (Å²) in [4.78, 5) is 0. The number of phenols is 1. The maximum atomic E-state index is 12.8. The Morgan fingerprint density at radius 1 is 0.643 bits per heavy atom. The van der Waals surface area contributed by atoms with Crippen LogP contribution in [-0.2, 0) is 9.47 Å². The van der Waals surface area contributed by atoms with E-state index in [1.807, 2.05) is 0 Å². The molecule has 2 heterocycles. The van der Waals surface area contributed by atoms with E-state index in [9.17, 15) is 13.2 Å². The highest BCUT2D eigenvalue weighted by Gasteiger charge is 2.16. The lowest BCUT2D eigenvalue weighted by atomic mass is 10.2. The van der Waals surface area contributed by atoms with Crippen LogP contribution < -0.4 is 9.47 Å². The molecule has 0 saturated carbocycles. The number of rotatable bonds is 7. The molecule has 8 heteroatoms. The summed E-state index contributed by atoms with van der Waals surface area (Å²) in [5, 5.41) is 8.57. The Labute approximate surface area is 248 Å².